The number of amides is 1. The summed E-state index contributed by atoms with van der Waals surface area (Å²) in [6.45, 7) is 6.51. The Kier molecular flexibility index (Phi) is 7.86. The highest BCUT2D eigenvalue weighted by Crippen LogP contribution is 2.30. The van der Waals surface area contributed by atoms with Gasteiger partial charge in [0.15, 0.2) is 11.0 Å². The van der Waals surface area contributed by atoms with Crippen molar-refractivity contribution in [1.29, 1.82) is 0 Å². The topological polar surface area (TPSA) is 72.2 Å². The maximum Gasteiger partial charge on any atom is 0.250 e. The standard InChI is InChI=1S/C27H25ClFN5OS/c1-27(2,3)19-14-12-18(13-15-19)25-32-33-26(34(25)20-8-5-4-6-9-20)36-17-24(35)31-30-16-21-22(28)10-7-11-23(21)29/h4-16H,17H2,1-3H3,(H,31,35)/b30-16+. The molecule has 1 N–H and O–H groups in total. The van der Waals surface area contributed by atoms with Gasteiger partial charge >= 0.3 is 0 Å². The van der Waals surface area contributed by atoms with E-state index in [1.807, 2.05) is 47.0 Å². The third-order valence-corrected chi connectivity index (χ3v) is 6.63. The molecular formula is C27H25ClFN5OS. The van der Waals surface area contributed by atoms with Crippen LogP contribution in [0.25, 0.3) is 17.1 Å². The second-order valence-corrected chi connectivity index (χ2v) is 10.4. The summed E-state index contributed by atoms with van der Waals surface area (Å²) >= 11 is 7.21. The molecule has 1 amide bonds. The van der Waals surface area contributed by atoms with E-state index in [1.54, 1.807) is 6.07 Å². The van der Waals surface area contributed by atoms with Gasteiger partial charge in [-0.05, 0) is 35.2 Å². The van der Waals surface area contributed by atoms with Crippen molar-refractivity contribution < 1.29 is 9.18 Å². The Morgan fingerprint density at radius 3 is 2.44 bits per heavy atom. The molecule has 36 heavy (non-hydrogen) atoms. The molecule has 0 saturated heterocycles. The van der Waals surface area contributed by atoms with E-state index >= 15 is 0 Å². The first-order valence-corrected chi connectivity index (χ1v) is 12.6. The number of hydrazone groups is 1. The lowest BCUT2D eigenvalue weighted by Gasteiger charge is -2.19. The summed E-state index contributed by atoms with van der Waals surface area (Å²) in [5.74, 6) is -0.177. The minimum absolute atomic E-state index is 0.0380. The molecule has 4 rings (SSSR count). The number of hydrogen-bond donors (Lipinski definition) is 1. The van der Waals surface area contributed by atoms with Crippen molar-refractivity contribution in [1.82, 2.24) is 20.2 Å². The first-order chi connectivity index (χ1) is 17.2. The quantitative estimate of drug-likeness (QED) is 0.177. The van der Waals surface area contributed by atoms with E-state index in [4.69, 9.17) is 11.6 Å². The average Bonchev–Trinajstić information content (AvgIpc) is 3.28. The van der Waals surface area contributed by atoms with E-state index in [1.165, 1.54) is 35.7 Å². The van der Waals surface area contributed by atoms with Gasteiger partial charge in [0.25, 0.3) is 5.91 Å². The molecule has 0 radical (unpaired) electrons. The molecule has 0 spiro atoms. The van der Waals surface area contributed by atoms with Crippen LogP contribution in [0, 0.1) is 5.82 Å². The second-order valence-electron chi connectivity index (χ2n) is 9.02. The number of nitrogens with zero attached hydrogens (tertiary/aromatic N) is 4. The zero-order chi connectivity index (χ0) is 25.7. The Labute approximate surface area is 218 Å². The molecule has 1 aromatic heterocycles. The highest BCUT2D eigenvalue weighted by atomic mass is 35.5. The first-order valence-electron chi connectivity index (χ1n) is 11.2. The number of carbonyl (C=O) groups excluding carboxylic acids is 1. The van der Waals surface area contributed by atoms with Gasteiger partial charge in [0.2, 0.25) is 0 Å². The molecule has 0 aliphatic rings. The number of nitrogens with one attached hydrogen (secondary N) is 1. The lowest BCUT2D eigenvalue weighted by Crippen LogP contribution is -2.20. The number of para-hydroxylation sites is 1. The fraction of sp³-hybridized carbons (Fsp3) is 0.185. The van der Waals surface area contributed by atoms with Gasteiger partial charge in [0.1, 0.15) is 5.82 Å². The summed E-state index contributed by atoms with van der Waals surface area (Å²) < 4.78 is 15.8. The minimum Gasteiger partial charge on any atom is -0.272 e. The molecule has 4 aromatic rings. The SMILES string of the molecule is CC(C)(C)c1ccc(-c2nnc(SCC(=O)N/N=C/c3c(F)cccc3Cl)n2-c2ccccc2)cc1. The number of benzene rings is 3. The van der Waals surface area contributed by atoms with Gasteiger partial charge in [0, 0.05) is 16.8 Å². The third-order valence-electron chi connectivity index (χ3n) is 5.37. The van der Waals surface area contributed by atoms with E-state index in [9.17, 15) is 9.18 Å². The molecule has 6 nitrogen and oxygen atoms in total. The number of carbonyl (C=O) groups is 1. The summed E-state index contributed by atoms with van der Waals surface area (Å²) in [7, 11) is 0. The monoisotopic (exact) mass is 521 g/mol. The Balaban J connectivity index is 1.53. The second kappa shape index (κ2) is 11.1. The molecule has 1 heterocycles. The highest BCUT2D eigenvalue weighted by molar-refractivity contribution is 7.99. The molecule has 0 unspecified atom stereocenters. The predicted molar refractivity (Wildman–Crippen MR) is 143 cm³/mol. The smallest absolute Gasteiger partial charge is 0.250 e. The Hall–Kier alpha value is -3.49. The minimum atomic E-state index is -0.520. The number of thioether (sulfide) groups is 1. The lowest BCUT2D eigenvalue weighted by molar-refractivity contribution is -0.118. The third kappa shape index (κ3) is 6.01. The molecule has 0 saturated carbocycles. The van der Waals surface area contributed by atoms with Gasteiger partial charge in [-0.25, -0.2) is 9.82 Å². The van der Waals surface area contributed by atoms with Crippen LogP contribution in [0.1, 0.15) is 31.9 Å². The van der Waals surface area contributed by atoms with E-state index in [-0.39, 0.29) is 27.7 Å². The van der Waals surface area contributed by atoms with Crippen LogP contribution in [0.2, 0.25) is 5.02 Å². The van der Waals surface area contributed by atoms with Crippen LogP contribution in [0.3, 0.4) is 0 Å². The number of halogens is 2. The van der Waals surface area contributed by atoms with Crippen LogP contribution >= 0.6 is 23.4 Å². The summed E-state index contributed by atoms with van der Waals surface area (Å²) in [6.07, 6.45) is 1.19. The zero-order valence-corrected chi connectivity index (χ0v) is 21.6. The summed E-state index contributed by atoms with van der Waals surface area (Å²) in [4.78, 5) is 12.4. The Morgan fingerprint density at radius 1 is 1.06 bits per heavy atom. The fourth-order valence-electron chi connectivity index (χ4n) is 3.44. The van der Waals surface area contributed by atoms with E-state index < -0.39 is 5.82 Å². The molecule has 0 aliphatic carbocycles. The van der Waals surface area contributed by atoms with Crippen molar-refractivity contribution in [2.24, 2.45) is 5.10 Å². The van der Waals surface area contributed by atoms with Gasteiger partial charge in [-0.15, -0.1) is 10.2 Å². The maximum absolute atomic E-state index is 13.9. The van der Waals surface area contributed by atoms with Crippen LogP contribution in [0.5, 0.6) is 0 Å². The normalized spacial score (nSPS) is 11.7. The van der Waals surface area contributed by atoms with Crippen molar-refractivity contribution in [2.75, 3.05) is 5.75 Å². The Bertz CT molecular complexity index is 1360. The molecule has 0 fully saturated rings. The largest absolute Gasteiger partial charge is 0.272 e. The van der Waals surface area contributed by atoms with Crippen molar-refractivity contribution in [3.8, 4) is 17.1 Å². The molecule has 0 bridgehead atoms. The fourth-order valence-corrected chi connectivity index (χ4v) is 4.40. The van der Waals surface area contributed by atoms with E-state index in [0.717, 1.165) is 11.3 Å². The lowest BCUT2D eigenvalue weighted by atomic mass is 9.87. The van der Waals surface area contributed by atoms with Gasteiger partial charge in [-0.3, -0.25) is 9.36 Å². The molecule has 0 aliphatic heterocycles. The van der Waals surface area contributed by atoms with Crippen LogP contribution in [0.15, 0.2) is 83.1 Å². The predicted octanol–water partition coefficient (Wildman–Crippen LogP) is 6.27. The van der Waals surface area contributed by atoms with Crippen molar-refractivity contribution in [2.45, 2.75) is 31.3 Å². The van der Waals surface area contributed by atoms with Crippen molar-refractivity contribution >= 4 is 35.5 Å². The van der Waals surface area contributed by atoms with Gasteiger partial charge in [-0.2, -0.15) is 5.10 Å². The van der Waals surface area contributed by atoms with Crippen LogP contribution < -0.4 is 5.43 Å². The summed E-state index contributed by atoms with van der Waals surface area (Å²) in [5, 5.41) is 13.4. The molecular weight excluding hydrogens is 497 g/mol. The summed E-state index contributed by atoms with van der Waals surface area (Å²) in [6, 6.07) is 22.3. The van der Waals surface area contributed by atoms with Crippen LogP contribution in [-0.4, -0.2) is 32.6 Å². The van der Waals surface area contributed by atoms with Crippen LogP contribution in [0.4, 0.5) is 4.39 Å². The molecule has 184 valence electrons. The van der Waals surface area contributed by atoms with Crippen molar-refractivity contribution in [3.63, 3.8) is 0 Å². The maximum atomic E-state index is 13.9. The number of rotatable bonds is 7. The molecule has 0 atom stereocenters. The number of aromatic nitrogens is 3. The van der Waals surface area contributed by atoms with E-state index in [2.05, 4.69) is 53.6 Å². The summed E-state index contributed by atoms with van der Waals surface area (Å²) in [5.41, 5.74) is 5.58. The van der Waals surface area contributed by atoms with Gasteiger partial charge in [0.05, 0.1) is 17.0 Å². The first kappa shape index (κ1) is 25.6. The van der Waals surface area contributed by atoms with Crippen LogP contribution in [-0.2, 0) is 10.2 Å². The van der Waals surface area contributed by atoms with Gasteiger partial charge in [-0.1, -0.05) is 92.7 Å². The van der Waals surface area contributed by atoms with Crippen molar-refractivity contribution in [3.05, 3.63) is 94.8 Å². The average molecular weight is 522 g/mol. The highest BCUT2D eigenvalue weighted by Gasteiger charge is 2.19. The molecule has 3 aromatic carbocycles. The Morgan fingerprint density at radius 2 is 1.78 bits per heavy atom. The number of hydrogen-bond acceptors (Lipinski definition) is 5. The van der Waals surface area contributed by atoms with E-state index in [0.29, 0.717) is 11.0 Å². The molecule has 9 heteroatoms. The van der Waals surface area contributed by atoms with Gasteiger partial charge < -0.3 is 0 Å². The zero-order valence-electron chi connectivity index (χ0n) is 20.1.